The van der Waals surface area contributed by atoms with Gasteiger partial charge in [0.15, 0.2) is 0 Å². The Hall–Kier alpha value is -2.97. The first kappa shape index (κ1) is 19.4. The summed E-state index contributed by atoms with van der Waals surface area (Å²) < 4.78 is 12.4. The van der Waals surface area contributed by atoms with E-state index in [1.54, 1.807) is 14.0 Å². The Kier molecular flexibility index (Phi) is 5.46. The molecule has 0 aliphatic carbocycles. The van der Waals surface area contributed by atoms with Gasteiger partial charge in [-0.25, -0.2) is 4.98 Å². The maximum absolute atomic E-state index is 13.0. The zero-order valence-electron chi connectivity index (χ0n) is 16.6. The Morgan fingerprint density at radius 3 is 2.69 bits per heavy atom. The number of carbonyl (C=O) groups is 1. The molecular weight excluding hydrogens is 372 g/mol. The molecule has 1 fully saturated rings. The molecule has 0 radical (unpaired) electrons. The maximum Gasteiger partial charge on any atom is 0.265 e. The highest BCUT2D eigenvalue weighted by molar-refractivity contribution is 6.06. The van der Waals surface area contributed by atoms with Crippen LogP contribution in [0.4, 0.5) is 0 Å². The van der Waals surface area contributed by atoms with E-state index in [9.17, 15) is 9.59 Å². The number of aromatic nitrogens is 2. The fourth-order valence-electron chi connectivity index (χ4n) is 3.76. The molecule has 152 valence electrons. The molecule has 0 saturated carbocycles. The number of furan rings is 1. The molecule has 1 unspecified atom stereocenters. The smallest absolute Gasteiger partial charge is 0.265 e. The minimum absolute atomic E-state index is 0.0171. The summed E-state index contributed by atoms with van der Waals surface area (Å²) in [5.74, 6) is 0.0523. The van der Waals surface area contributed by atoms with E-state index in [1.165, 1.54) is 10.9 Å². The van der Waals surface area contributed by atoms with Crippen molar-refractivity contribution in [3.63, 3.8) is 0 Å². The van der Waals surface area contributed by atoms with Gasteiger partial charge in [0.05, 0.1) is 24.8 Å². The number of benzene rings is 1. The molecule has 3 aromatic rings. The lowest BCUT2D eigenvalue weighted by molar-refractivity contribution is 0.0162. The SMILES string of the molecule is Cc1oc2ncn(C)c(=O)c2c1C(=O)NCC(c1ccccc1)N1CCOCC1. The molecule has 3 heterocycles. The lowest BCUT2D eigenvalue weighted by Crippen LogP contribution is -2.44. The number of fused-ring (bicyclic) bond motifs is 1. The minimum Gasteiger partial charge on any atom is -0.442 e. The zero-order valence-corrected chi connectivity index (χ0v) is 16.6. The topological polar surface area (TPSA) is 89.6 Å². The summed E-state index contributed by atoms with van der Waals surface area (Å²) in [5, 5.41) is 3.22. The molecule has 0 bridgehead atoms. The Balaban J connectivity index is 1.60. The predicted molar refractivity (Wildman–Crippen MR) is 108 cm³/mol. The van der Waals surface area contributed by atoms with Crippen LogP contribution in [0, 0.1) is 6.92 Å². The molecule has 2 aromatic heterocycles. The third-order valence-electron chi connectivity index (χ3n) is 5.30. The van der Waals surface area contributed by atoms with Crippen LogP contribution in [0.2, 0.25) is 0 Å². The number of amides is 1. The van der Waals surface area contributed by atoms with Crippen LogP contribution >= 0.6 is 0 Å². The van der Waals surface area contributed by atoms with Crippen molar-refractivity contribution in [2.24, 2.45) is 7.05 Å². The van der Waals surface area contributed by atoms with E-state index >= 15 is 0 Å². The van der Waals surface area contributed by atoms with Gasteiger partial charge in [-0.1, -0.05) is 30.3 Å². The second kappa shape index (κ2) is 8.18. The zero-order chi connectivity index (χ0) is 20.4. The number of hydrogen-bond acceptors (Lipinski definition) is 6. The van der Waals surface area contributed by atoms with Crippen LogP contribution in [-0.2, 0) is 11.8 Å². The lowest BCUT2D eigenvalue weighted by atomic mass is 10.0. The number of rotatable bonds is 5. The molecule has 1 atom stereocenters. The van der Waals surface area contributed by atoms with Gasteiger partial charge in [-0.15, -0.1) is 0 Å². The summed E-state index contributed by atoms with van der Waals surface area (Å²) in [4.78, 5) is 32.0. The van der Waals surface area contributed by atoms with Crippen LogP contribution in [0.5, 0.6) is 0 Å². The van der Waals surface area contributed by atoms with E-state index in [-0.39, 0.29) is 34.2 Å². The van der Waals surface area contributed by atoms with Crippen LogP contribution in [0.25, 0.3) is 11.1 Å². The van der Waals surface area contributed by atoms with Crippen molar-refractivity contribution in [3.05, 3.63) is 63.9 Å². The normalized spacial score (nSPS) is 16.1. The largest absolute Gasteiger partial charge is 0.442 e. The highest BCUT2D eigenvalue weighted by Crippen LogP contribution is 2.23. The number of hydrogen-bond donors (Lipinski definition) is 1. The van der Waals surface area contributed by atoms with E-state index in [0.29, 0.717) is 25.5 Å². The van der Waals surface area contributed by atoms with Crippen LogP contribution in [0.3, 0.4) is 0 Å². The Bertz CT molecular complexity index is 1070. The predicted octanol–water partition coefficient (Wildman–Crippen LogP) is 1.64. The van der Waals surface area contributed by atoms with E-state index in [4.69, 9.17) is 9.15 Å². The number of aryl methyl sites for hydroxylation is 2. The van der Waals surface area contributed by atoms with Gasteiger partial charge >= 0.3 is 0 Å². The molecule has 8 nitrogen and oxygen atoms in total. The van der Waals surface area contributed by atoms with Crippen molar-refractivity contribution in [3.8, 4) is 0 Å². The molecule has 29 heavy (non-hydrogen) atoms. The molecule has 1 aliphatic heterocycles. The Morgan fingerprint density at radius 1 is 1.24 bits per heavy atom. The summed E-state index contributed by atoms with van der Waals surface area (Å²) in [6.45, 7) is 5.03. The lowest BCUT2D eigenvalue weighted by Gasteiger charge is -2.34. The van der Waals surface area contributed by atoms with Crippen molar-refractivity contribution >= 4 is 17.0 Å². The summed E-state index contributed by atoms with van der Waals surface area (Å²) in [7, 11) is 1.60. The minimum atomic E-state index is -0.333. The first-order valence-electron chi connectivity index (χ1n) is 9.66. The molecule has 1 N–H and O–H groups in total. The molecular formula is C21H24N4O4. The van der Waals surface area contributed by atoms with E-state index in [2.05, 4.69) is 27.3 Å². The number of carbonyl (C=O) groups excluding carboxylic acids is 1. The molecule has 1 aliphatic rings. The van der Waals surface area contributed by atoms with Gasteiger partial charge in [0, 0.05) is 26.7 Å². The van der Waals surface area contributed by atoms with Gasteiger partial charge < -0.3 is 19.0 Å². The van der Waals surface area contributed by atoms with Crippen molar-refractivity contribution in [2.45, 2.75) is 13.0 Å². The highest BCUT2D eigenvalue weighted by Gasteiger charge is 2.26. The maximum atomic E-state index is 13.0. The standard InChI is InChI=1S/C21H24N4O4/c1-14-17(18-20(29-14)23-13-24(2)21(18)27)19(26)22-12-16(15-6-4-3-5-7-15)25-8-10-28-11-9-25/h3-7,13,16H,8-12H2,1-2H3,(H,22,26). The van der Waals surface area contributed by atoms with Gasteiger partial charge in [-0.05, 0) is 12.5 Å². The van der Waals surface area contributed by atoms with Crippen molar-refractivity contribution in [2.75, 3.05) is 32.8 Å². The first-order chi connectivity index (χ1) is 14.1. The van der Waals surface area contributed by atoms with Crippen molar-refractivity contribution in [1.82, 2.24) is 19.8 Å². The van der Waals surface area contributed by atoms with E-state index < -0.39 is 0 Å². The highest BCUT2D eigenvalue weighted by atomic mass is 16.5. The number of nitrogens with one attached hydrogen (secondary N) is 1. The van der Waals surface area contributed by atoms with Gasteiger partial charge in [-0.3, -0.25) is 14.5 Å². The van der Waals surface area contributed by atoms with Crippen LogP contribution in [-0.4, -0.2) is 53.2 Å². The average molecular weight is 396 g/mol. The average Bonchev–Trinajstić information content (AvgIpc) is 3.09. The van der Waals surface area contributed by atoms with Crippen LogP contribution < -0.4 is 10.9 Å². The van der Waals surface area contributed by atoms with Crippen molar-refractivity contribution in [1.29, 1.82) is 0 Å². The summed E-state index contributed by atoms with van der Waals surface area (Å²) in [5.41, 5.74) is 1.26. The van der Waals surface area contributed by atoms with Gasteiger partial charge in [0.1, 0.15) is 17.5 Å². The van der Waals surface area contributed by atoms with Crippen molar-refractivity contribution < 1.29 is 13.9 Å². The second-order valence-electron chi connectivity index (χ2n) is 7.16. The number of nitrogens with zero attached hydrogens (tertiary/aromatic N) is 3. The molecule has 1 amide bonds. The Morgan fingerprint density at radius 2 is 1.97 bits per heavy atom. The van der Waals surface area contributed by atoms with E-state index in [1.807, 2.05) is 18.2 Å². The molecule has 1 saturated heterocycles. The quantitative estimate of drug-likeness (QED) is 0.705. The molecule has 8 heteroatoms. The van der Waals surface area contributed by atoms with Crippen LogP contribution in [0.15, 0.2) is 45.9 Å². The first-order valence-corrected chi connectivity index (χ1v) is 9.66. The molecule has 4 rings (SSSR count). The van der Waals surface area contributed by atoms with E-state index in [0.717, 1.165) is 18.7 Å². The molecule has 1 aromatic carbocycles. The molecule has 0 spiro atoms. The summed E-state index contributed by atoms with van der Waals surface area (Å²) >= 11 is 0. The number of morpholine rings is 1. The fourth-order valence-corrected chi connectivity index (χ4v) is 3.76. The monoisotopic (exact) mass is 396 g/mol. The van der Waals surface area contributed by atoms with Gasteiger partial charge in [0.25, 0.3) is 11.5 Å². The third kappa shape index (κ3) is 3.81. The third-order valence-corrected chi connectivity index (χ3v) is 5.30. The number of ether oxygens (including phenoxy) is 1. The summed E-state index contributed by atoms with van der Waals surface area (Å²) in [6.07, 6.45) is 1.39. The van der Waals surface area contributed by atoms with Gasteiger partial charge in [0.2, 0.25) is 5.71 Å². The fraction of sp³-hybridized carbons (Fsp3) is 0.381. The Labute approximate surface area is 168 Å². The van der Waals surface area contributed by atoms with Crippen LogP contribution in [0.1, 0.15) is 27.7 Å². The van der Waals surface area contributed by atoms with Gasteiger partial charge in [-0.2, -0.15) is 0 Å². The second-order valence-corrected chi connectivity index (χ2v) is 7.16. The summed E-state index contributed by atoms with van der Waals surface area (Å²) in [6, 6.07) is 10.1.